The van der Waals surface area contributed by atoms with Gasteiger partial charge in [-0.2, -0.15) is 13.2 Å². The Morgan fingerprint density at radius 3 is 2.44 bits per heavy atom. The third-order valence-corrected chi connectivity index (χ3v) is 3.15. The minimum Gasteiger partial charge on any atom is -0.491 e. The number of nitrogens with two attached hydrogens (primary N) is 1. The fourth-order valence-corrected chi connectivity index (χ4v) is 1.74. The van der Waals surface area contributed by atoms with E-state index < -0.39 is 17.3 Å². The molecule has 0 radical (unpaired) electrons. The number of ether oxygens (including phenoxy) is 1. The highest BCUT2D eigenvalue weighted by Crippen LogP contribution is 2.39. The molecule has 0 amide bonds. The van der Waals surface area contributed by atoms with Gasteiger partial charge in [0.15, 0.2) is 0 Å². The fourth-order valence-electron chi connectivity index (χ4n) is 1.38. The summed E-state index contributed by atoms with van der Waals surface area (Å²) in [5, 5.41) is 0. The summed E-state index contributed by atoms with van der Waals surface area (Å²) in [4.78, 5) is 0. The molecular weight excluding hydrogens is 334 g/mol. The van der Waals surface area contributed by atoms with Crippen LogP contribution in [-0.4, -0.2) is 12.1 Å². The number of halogens is 5. The average molecular weight is 347 g/mol. The van der Waals surface area contributed by atoms with E-state index in [1.807, 2.05) is 0 Å². The molecule has 0 heterocycles. The Labute approximate surface area is 117 Å². The van der Waals surface area contributed by atoms with Crippen LogP contribution < -0.4 is 10.5 Å². The van der Waals surface area contributed by atoms with E-state index in [1.165, 1.54) is 12.1 Å². The van der Waals surface area contributed by atoms with Crippen LogP contribution in [0.2, 0.25) is 0 Å². The van der Waals surface area contributed by atoms with Gasteiger partial charge < -0.3 is 10.5 Å². The summed E-state index contributed by atoms with van der Waals surface area (Å²) in [6, 6.07) is 3.82. The first-order valence-electron chi connectivity index (χ1n) is 5.09. The van der Waals surface area contributed by atoms with Crippen molar-refractivity contribution < 1.29 is 17.9 Å². The molecule has 1 saturated carbocycles. The van der Waals surface area contributed by atoms with E-state index in [0.29, 0.717) is 4.47 Å². The Morgan fingerprint density at radius 2 is 1.94 bits per heavy atom. The summed E-state index contributed by atoms with van der Waals surface area (Å²) in [5.74, 6) is -0.169. The van der Waals surface area contributed by atoms with E-state index in [0.717, 1.165) is 18.9 Å². The van der Waals surface area contributed by atoms with Gasteiger partial charge in [0.1, 0.15) is 12.4 Å². The molecule has 0 aromatic heterocycles. The lowest BCUT2D eigenvalue weighted by molar-refractivity contribution is -0.139. The van der Waals surface area contributed by atoms with Crippen molar-refractivity contribution in [2.24, 2.45) is 5.73 Å². The summed E-state index contributed by atoms with van der Waals surface area (Å²) in [6.45, 7) is 0.123. The topological polar surface area (TPSA) is 35.2 Å². The summed E-state index contributed by atoms with van der Waals surface area (Å²) >= 11 is 3.01. The van der Waals surface area contributed by atoms with Crippen molar-refractivity contribution in [2.45, 2.75) is 24.6 Å². The second kappa shape index (κ2) is 5.27. The second-order valence-electron chi connectivity index (χ2n) is 4.29. The van der Waals surface area contributed by atoms with Gasteiger partial charge in [0.2, 0.25) is 0 Å². The van der Waals surface area contributed by atoms with Crippen molar-refractivity contribution in [3.63, 3.8) is 0 Å². The zero-order valence-electron chi connectivity index (χ0n) is 9.26. The number of hydrogen-bond acceptors (Lipinski definition) is 2. The fraction of sp³-hybridized carbons (Fsp3) is 0.455. The monoisotopic (exact) mass is 345 g/mol. The maximum atomic E-state index is 12.7. The van der Waals surface area contributed by atoms with Crippen LogP contribution in [-0.2, 0) is 6.18 Å². The van der Waals surface area contributed by atoms with Crippen LogP contribution >= 0.6 is 28.3 Å². The number of hydrogen-bond donors (Lipinski definition) is 1. The molecule has 0 unspecified atom stereocenters. The Morgan fingerprint density at radius 1 is 1.33 bits per heavy atom. The SMILES string of the molecule is Cl.NC1(COc2ccc(Br)cc2C(F)(F)F)CC1. The summed E-state index contributed by atoms with van der Waals surface area (Å²) in [6.07, 6.45) is -2.83. The predicted molar refractivity (Wildman–Crippen MR) is 68.0 cm³/mol. The second-order valence-corrected chi connectivity index (χ2v) is 5.20. The quantitative estimate of drug-likeness (QED) is 0.904. The van der Waals surface area contributed by atoms with Gasteiger partial charge in [0, 0.05) is 4.47 Å². The maximum Gasteiger partial charge on any atom is 0.420 e. The minimum absolute atomic E-state index is 0. The molecular formula is C11H12BrClF3NO. The highest BCUT2D eigenvalue weighted by Gasteiger charge is 2.40. The zero-order chi connectivity index (χ0) is 12.7. The van der Waals surface area contributed by atoms with Gasteiger partial charge in [-0.1, -0.05) is 15.9 Å². The molecule has 102 valence electrons. The van der Waals surface area contributed by atoms with Gasteiger partial charge >= 0.3 is 6.18 Å². The van der Waals surface area contributed by atoms with Crippen molar-refractivity contribution in [3.05, 3.63) is 28.2 Å². The lowest BCUT2D eigenvalue weighted by atomic mass is 10.2. The third-order valence-electron chi connectivity index (χ3n) is 2.65. The molecule has 1 fully saturated rings. The molecule has 0 aliphatic heterocycles. The van der Waals surface area contributed by atoms with Crippen LogP contribution in [0.3, 0.4) is 0 Å². The van der Waals surface area contributed by atoms with Crippen LogP contribution in [0.15, 0.2) is 22.7 Å². The van der Waals surface area contributed by atoms with E-state index in [-0.39, 0.29) is 24.8 Å². The van der Waals surface area contributed by atoms with Gasteiger partial charge in [-0.05, 0) is 31.0 Å². The first-order chi connectivity index (χ1) is 7.80. The first kappa shape index (κ1) is 15.6. The first-order valence-corrected chi connectivity index (χ1v) is 5.88. The minimum atomic E-state index is -4.43. The Hall–Kier alpha value is -0.460. The molecule has 1 aromatic carbocycles. The molecule has 0 atom stereocenters. The van der Waals surface area contributed by atoms with Gasteiger partial charge in [-0.15, -0.1) is 12.4 Å². The Balaban J connectivity index is 0.00000162. The Bertz CT molecular complexity index is 435. The van der Waals surface area contributed by atoms with Crippen LogP contribution in [0.4, 0.5) is 13.2 Å². The van der Waals surface area contributed by atoms with Crippen molar-refractivity contribution in [1.29, 1.82) is 0 Å². The average Bonchev–Trinajstić information content (AvgIpc) is 2.94. The van der Waals surface area contributed by atoms with Crippen molar-refractivity contribution in [2.75, 3.05) is 6.61 Å². The molecule has 2 rings (SSSR count). The van der Waals surface area contributed by atoms with E-state index in [4.69, 9.17) is 10.5 Å². The normalized spacial score (nSPS) is 16.9. The van der Waals surface area contributed by atoms with Gasteiger partial charge in [0.05, 0.1) is 11.1 Å². The summed E-state index contributed by atoms with van der Waals surface area (Å²) in [7, 11) is 0. The molecule has 2 N–H and O–H groups in total. The molecule has 1 aliphatic rings. The van der Waals surface area contributed by atoms with Crippen LogP contribution in [0, 0.1) is 0 Å². The van der Waals surface area contributed by atoms with Gasteiger partial charge in [-0.3, -0.25) is 0 Å². The number of benzene rings is 1. The molecule has 0 bridgehead atoms. The van der Waals surface area contributed by atoms with E-state index in [9.17, 15) is 13.2 Å². The lowest BCUT2D eigenvalue weighted by Gasteiger charge is -2.16. The van der Waals surface area contributed by atoms with Crippen LogP contribution in [0.5, 0.6) is 5.75 Å². The standard InChI is InChI=1S/C11H11BrF3NO.ClH/c12-7-1-2-9(8(5-7)11(13,14)15)17-6-10(16)3-4-10;/h1-2,5H,3-4,6,16H2;1H. The van der Waals surface area contributed by atoms with E-state index >= 15 is 0 Å². The smallest absolute Gasteiger partial charge is 0.420 e. The third kappa shape index (κ3) is 3.76. The number of rotatable bonds is 3. The maximum absolute atomic E-state index is 12.7. The van der Waals surface area contributed by atoms with E-state index in [1.54, 1.807) is 0 Å². The zero-order valence-corrected chi connectivity index (χ0v) is 11.7. The predicted octanol–water partition coefficient (Wildman–Crippen LogP) is 3.76. The molecule has 7 heteroatoms. The largest absolute Gasteiger partial charge is 0.491 e. The van der Waals surface area contributed by atoms with Crippen molar-refractivity contribution in [3.8, 4) is 5.75 Å². The molecule has 0 saturated heterocycles. The van der Waals surface area contributed by atoms with E-state index in [2.05, 4.69) is 15.9 Å². The van der Waals surface area contributed by atoms with Crippen molar-refractivity contribution in [1.82, 2.24) is 0 Å². The highest BCUT2D eigenvalue weighted by atomic mass is 79.9. The molecule has 0 spiro atoms. The van der Waals surface area contributed by atoms with Crippen molar-refractivity contribution >= 4 is 28.3 Å². The van der Waals surface area contributed by atoms with Gasteiger partial charge in [0.25, 0.3) is 0 Å². The van der Waals surface area contributed by atoms with Gasteiger partial charge in [-0.25, -0.2) is 0 Å². The van der Waals surface area contributed by atoms with Crippen LogP contribution in [0.1, 0.15) is 18.4 Å². The van der Waals surface area contributed by atoms with Crippen LogP contribution in [0.25, 0.3) is 0 Å². The number of alkyl halides is 3. The molecule has 1 aliphatic carbocycles. The summed E-state index contributed by atoms with van der Waals surface area (Å²) < 4.78 is 43.7. The molecule has 2 nitrogen and oxygen atoms in total. The summed E-state index contributed by atoms with van der Waals surface area (Å²) in [5.41, 5.74) is 4.55. The molecule has 18 heavy (non-hydrogen) atoms. The molecule has 1 aromatic rings. The lowest BCUT2D eigenvalue weighted by Crippen LogP contribution is -2.30. The Kier molecular flexibility index (Phi) is 4.56. The highest BCUT2D eigenvalue weighted by molar-refractivity contribution is 9.10.